The maximum Gasteiger partial charge on any atom is 0.240 e. The van der Waals surface area contributed by atoms with Crippen molar-refractivity contribution < 1.29 is 9.59 Å². The molecule has 2 aliphatic rings. The molecule has 0 bridgehead atoms. The van der Waals surface area contributed by atoms with Crippen LogP contribution in [0, 0.1) is 0 Å². The van der Waals surface area contributed by atoms with Crippen molar-refractivity contribution in [2.24, 2.45) is 0 Å². The Morgan fingerprint density at radius 1 is 1.04 bits per heavy atom. The minimum absolute atomic E-state index is 0.0384. The lowest BCUT2D eigenvalue weighted by molar-refractivity contribution is -0.124. The van der Waals surface area contributed by atoms with Gasteiger partial charge in [-0.3, -0.25) is 14.9 Å². The molecular formula is C17H14N2O2S2. The van der Waals surface area contributed by atoms with Crippen LogP contribution in [0.5, 0.6) is 0 Å². The largest absolute Gasteiger partial charge is 0.318 e. The molecule has 0 radical (unpaired) electrons. The molecule has 2 atom stereocenters. The second-order valence-corrected chi connectivity index (χ2v) is 8.05. The summed E-state index contributed by atoms with van der Waals surface area (Å²) in [5, 5.41) is 2.07. The standard InChI is InChI=1S/C17H14N2O2S2/c20-15-10-14(16(21)18-15)23-17-19(11-6-2-1-3-7-11)12-8-4-5-9-13(12)22-17/h1-9,14,17H,10H2,(H,18,20,21). The highest BCUT2D eigenvalue weighted by Crippen LogP contribution is 2.52. The number of benzene rings is 2. The third kappa shape index (κ3) is 2.72. The first-order valence-electron chi connectivity index (χ1n) is 7.31. The summed E-state index contributed by atoms with van der Waals surface area (Å²) in [6.45, 7) is 0. The molecule has 4 rings (SSSR count). The first-order valence-corrected chi connectivity index (χ1v) is 9.14. The molecule has 116 valence electrons. The van der Waals surface area contributed by atoms with E-state index < -0.39 is 0 Å². The molecule has 0 aromatic heterocycles. The molecule has 4 nitrogen and oxygen atoms in total. The molecule has 2 aromatic rings. The van der Waals surface area contributed by atoms with Gasteiger partial charge in [-0.15, -0.1) is 11.8 Å². The lowest BCUT2D eigenvalue weighted by Crippen LogP contribution is -2.28. The maximum atomic E-state index is 11.9. The maximum absolute atomic E-state index is 11.9. The van der Waals surface area contributed by atoms with Gasteiger partial charge in [0.15, 0.2) is 0 Å². The Morgan fingerprint density at radius 2 is 1.78 bits per heavy atom. The van der Waals surface area contributed by atoms with E-state index >= 15 is 0 Å². The monoisotopic (exact) mass is 342 g/mol. The molecule has 1 saturated heterocycles. The molecule has 0 spiro atoms. The number of imide groups is 1. The van der Waals surface area contributed by atoms with E-state index in [0.29, 0.717) is 0 Å². The van der Waals surface area contributed by atoms with Crippen LogP contribution in [0.1, 0.15) is 6.42 Å². The van der Waals surface area contributed by atoms with Crippen molar-refractivity contribution in [3.05, 3.63) is 54.6 Å². The van der Waals surface area contributed by atoms with Crippen molar-refractivity contribution >= 4 is 46.7 Å². The highest BCUT2D eigenvalue weighted by Gasteiger charge is 2.38. The number of hydrogen-bond acceptors (Lipinski definition) is 5. The minimum atomic E-state index is -0.319. The van der Waals surface area contributed by atoms with E-state index in [1.165, 1.54) is 4.90 Å². The Labute approximate surface area is 142 Å². The zero-order valence-corrected chi connectivity index (χ0v) is 13.8. The minimum Gasteiger partial charge on any atom is -0.318 e. The fraction of sp³-hybridized carbons (Fsp3) is 0.176. The van der Waals surface area contributed by atoms with Crippen molar-refractivity contribution in [1.82, 2.24) is 5.32 Å². The number of para-hydroxylation sites is 2. The van der Waals surface area contributed by atoms with Crippen LogP contribution in [-0.4, -0.2) is 21.8 Å². The highest BCUT2D eigenvalue weighted by molar-refractivity contribution is 8.18. The summed E-state index contributed by atoms with van der Waals surface area (Å²) in [4.78, 5) is 26.8. The Kier molecular flexibility index (Phi) is 3.79. The van der Waals surface area contributed by atoms with Gasteiger partial charge in [0.1, 0.15) is 4.71 Å². The molecular weight excluding hydrogens is 328 g/mol. The zero-order chi connectivity index (χ0) is 15.8. The molecule has 0 saturated carbocycles. The summed E-state index contributed by atoms with van der Waals surface area (Å²) in [5.41, 5.74) is 2.23. The Hall–Kier alpha value is -1.92. The number of fused-ring (bicyclic) bond motifs is 1. The molecule has 2 aromatic carbocycles. The van der Waals surface area contributed by atoms with Crippen molar-refractivity contribution in [2.45, 2.75) is 21.3 Å². The smallest absolute Gasteiger partial charge is 0.240 e. The van der Waals surface area contributed by atoms with Crippen LogP contribution in [0.2, 0.25) is 0 Å². The Bertz CT molecular complexity index is 766. The quantitative estimate of drug-likeness (QED) is 0.867. The van der Waals surface area contributed by atoms with Crippen LogP contribution in [0.15, 0.2) is 59.5 Å². The third-order valence-electron chi connectivity index (χ3n) is 3.80. The highest BCUT2D eigenvalue weighted by atomic mass is 32.2. The summed E-state index contributed by atoms with van der Waals surface area (Å²) in [6.07, 6.45) is 0.263. The van der Waals surface area contributed by atoms with Gasteiger partial charge in [0.2, 0.25) is 11.8 Å². The Morgan fingerprint density at radius 3 is 2.52 bits per heavy atom. The molecule has 2 aliphatic heterocycles. The summed E-state index contributed by atoms with van der Waals surface area (Å²) < 4.78 is 0.0384. The fourth-order valence-corrected chi connectivity index (χ4v) is 5.76. The summed E-state index contributed by atoms with van der Waals surface area (Å²) in [5.74, 6) is -0.358. The number of thioether (sulfide) groups is 2. The van der Waals surface area contributed by atoms with Crippen molar-refractivity contribution in [3.8, 4) is 0 Å². The molecule has 6 heteroatoms. The van der Waals surface area contributed by atoms with Gasteiger partial charge in [0, 0.05) is 17.0 Å². The molecule has 1 N–H and O–H groups in total. The van der Waals surface area contributed by atoms with Gasteiger partial charge >= 0.3 is 0 Å². The van der Waals surface area contributed by atoms with Crippen LogP contribution in [-0.2, 0) is 9.59 Å². The first-order chi connectivity index (χ1) is 11.2. The number of amides is 2. The number of nitrogens with zero attached hydrogens (tertiary/aromatic N) is 1. The van der Waals surface area contributed by atoms with E-state index in [2.05, 4.69) is 34.5 Å². The topological polar surface area (TPSA) is 49.4 Å². The van der Waals surface area contributed by atoms with Crippen molar-refractivity contribution in [3.63, 3.8) is 0 Å². The third-order valence-corrected chi connectivity index (χ3v) is 6.59. The Balaban J connectivity index is 1.66. The van der Waals surface area contributed by atoms with E-state index in [1.54, 1.807) is 23.5 Å². The molecule has 2 amide bonds. The summed E-state index contributed by atoms with van der Waals surface area (Å²) in [6, 6.07) is 18.4. The number of anilines is 2. The average molecular weight is 342 g/mol. The second kappa shape index (κ2) is 5.94. The van der Waals surface area contributed by atoms with Gasteiger partial charge in [-0.25, -0.2) is 0 Å². The number of carbonyl (C=O) groups is 2. The number of rotatable bonds is 3. The number of hydrogen-bond donors (Lipinski definition) is 1. The fourth-order valence-electron chi connectivity index (χ4n) is 2.75. The normalized spacial score (nSPS) is 23.0. The van der Waals surface area contributed by atoms with Gasteiger partial charge in [-0.2, -0.15) is 0 Å². The van der Waals surface area contributed by atoms with Crippen LogP contribution in [0.25, 0.3) is 0 Å². The van der Waals surface area contributed by atoms with E-state index in [1.807, 2.05) is 30.3 Å². The molecule has 0 aliphatic carbocycles. The van der Waals surface area contributed by atoms with Crippen LogP contribution < -0.4 is 10.2 Å². The van der Waals surface area contributed by atoms with E-state index in [0.717, 1.165) is 11.4 Å². The molecule has 1 fully saturated rings. The van der Waals surface area contributed by atoms with Crippen molar-refractivity contribution in [2.75, 3.05) is 4.90 Å². The van der Waals surface area contributed by atoms with Gasteiger partial charge in [-0.1, -0.05) is 42.1 Å². The predicted octanol–water partition coefficient (Wildman–Crippen LogP) is 3.36. The number of nitrogens with one attached hydrogen (secondary N) is 1. The molecule has 23 heavy (non-hydrogen) atoms. The zero-order valence-electron chi connectivity index (χ0n) is 12.1. The predicted molar refractivity (Wildman–Crippen MR) is 93.8 cm³/mol. The van der Waals surface area contributed by atoms with Crippen LogP contribution >= 0.6 is 23.5 Å². The summed E-state index contributed by atoms with van der Waals surface area (Å²) in [7, 11) is 0. The van der Waals surface area contributed by atoms with Gasteiger partial charge in [-0.05, 0) is 24.3 Å². The van der Waals surface area contributed by atoms with Gasteiger partial charge < -0.3 is 4.90 Å². The van der Waals surface area contributed by atoms with Gasteiger partial charge in [0.05, 0.1) is 10.9 Å². The van der Waals surface area contributed by atoms with E-state index in [-0.39, 0.29) is 28.2 Å². The lowest BCUT2D eigenvalue weighted by Gasteiger charge is -2.27. The van der Waals surface area contributed by atoms with Crippen molar-refractivity contribution in [1.29, 1.82) is 0 Å². The molecule has 2 heterocycles. The van der Waals surface area contributed by atoms with Crippen LogP contribution in [0.3, 0.4) is 0 Å². The van der Waals surface area contributed by atoms with Crippen LogP contribution in [0.4, 0.5) is 11.4 Å². The summed E-state index contributed by atoms with van der Waals surface area (Å²) >= 11 is 3.27. The average Bonchev–Trinajstić information content (AvgIpc) is 3.07. The SMILES string of the molecule is O=C1CC(SC2Sc3ccccc3N2c2ccccc2)C(=O)N1. The second-order valence-electron chi connectivity index (χ2n) is 5.34. The number of carbonyl (C=O) groups excluding carboxylic acids is 2. The lowest BCUT2D eigenvalue weighted by atomic mass is 10.2. The molecule has 2 unspecified atom stereocenters. The van der Waals surface area contributed by atoms with Gasteiger partial charge in [0.25, 0.3) is 0 Å². The van der Waals surface area contributed by atoms with E-state index in [9.17, 15) is 9.59 Å². The first kappa shape index (κ1) is 14.7. The van der Waals surface area contributed by atoms with E-state index in [4.69, 9.17) is 0 Å².